The number of pyridine rings is 1. The molecular formula is C17H29N3. The molecule has 0 saturated carbocycles. The van der Waals surface area contributed by atoms with Gasteiger partial charge in [-0.2, -0.15) is 0 Å². The van der Waals surface area contributed by atoms with Gasteiger partial charge in [0, 0.05) is 18.8 Å². The highest BCUT2D eigenvalue weighted by atomic mass is 15.2. The highest BCUT2D eigenvalue weighted by Gasteiger charge is 2.23. The van der Waals surface area contributed by atoms with E-state index in [-0.39, 0.29) is 0 Å². The minimum atomic E-state index is 0.584. The van der Waals surface area contributed by atoms with Crippen LogP contribution in [-0.2, 0) is 0 Å². The summed E-state index contributed by atoms with van der Waals surface area (Å²) in [5.41, 5.74) is 1.39. The summed E-state index contributed by atoms with van der Waals surface area (Å²) in [6.45, 7) is 7.96. The van der Waals surface area contributed by atoms with Crippen molar-refractivity contribution >= 4 is 5.82 Å². The van der Waals surface area contributed by atoms with Crippen LogP contribution >= 0.6 is 0 Å². The van der Waals surface area contributed by atoms with Crippen molar-refractivity contribution in [2.75, 3.05) is 25.0 Å². The van der Waals surface area contributed by atoms with Gasteiger partial charge in [-0.15, -0.1) is 0 Å². The summed E-state index contributed by atoms with van der Waals surface area (Å²) in [5, 5.41) is 3.39. The quantitative estimate of drug-likeness (QED) is 0.755. The molecule has 0 bridgehead atoms. The molecule has 1 aromatic heterocycles. The number of hydrogen-bond acceptors (Lipinski definition) is 3. The summed E-state index contributed by atoms with van der Waals surface area (Å²) >= 11 is 0. The normalized spacial score (nSPS) is 20.0. The zero-order valence-corrected chi connectivity index (χ0v) is 13.1. The molecule has 1 fully saturated rings. The topological polar surface area (TPSA) is 28.2 Å². The van der Waals surface area contributed by atoms with Gasteiger partial charge in [-0.25, -0.2) is 4.98 Å². The number of unbranched alkanes of at least 4 members (excludes halogenated alkanes) is 1. The molecule has 1 aromatic rings. The highest BCUT2D eigenvalue weighted by molar-refractivity contribution is 5.36. The van der Waals surface area contributed by atoms with Crippen LogP contribution in [0.4, 0.5) is 5.82 Å². The van der Waals surface area contributed by atoms with Crippen molar-refractivity contribution in [3.8, 4) is 0 Å². The third kappa shape index (κ3) is 4.20. The van der Waals surface area contributed by atoms with E-state index in [1.54, 1.807) is 0 Å². The van der Waals surface area contributed by atoms with Gasteiger partial charge in [-0.3, -0.25) is 4.90 Å². The minimum Gasteiger partial charge on any atom is -0.370 e. The summed E-state index contributed by atoms with van der Waals surface area (Å²) < 4.78 is 0. The van der Waals surface area contributed by atoms with Crippen LogP contribution in [0.1, 0.15) is 64.0 Å². The van der Waals surface area contributed by atoms with Crippen molar-refractivity contribution in [1.82, 2.24) is 9.88 Å². The van der Waals surface area contributed by atoms with Crippen molar-refractivity contribution in [2.45, 2.75) is 58.4 Å². The molecule has 0 radical (unpaired) electrons. The monoisotopic (exact) mass is 275 g/mol. The number of anilines is 1. The molecule has 0 unspecified atom stereocenters. The first-order valence-electron chi connectivity index (χ1n) is 8.29. The van der Waals surface area contributed by atoms with Gasteiger partial charge in [-0.05, 0) is 50.4 Å². The molecule has 1 N–H and O–H groups in total. The zero-order chi connectivity index (χ0) is 14.2. The first-order valence-corrected chi connectivity index (χ1v) is 8.29. The summed E-state index contributed by atoms with van der Waals surface area (Å²) in [7, 11) is 0. The lowest BCUT2D eigenvalue weighted by molar-refractivity contribution is 0.149. The Labute approximate surface area is 123 Å². The van der Waals surface area contributed by atoms with Crippen LogP contribution < -0.4 is 5.32 Å². The lowest BCUT2D eigenvalue weighted by Crippen LogP contribution is -2.34. The van der Waals surface area contributed by atoms with Gasteiger partial charge >= 0.3 is 0 Å². The fourth-order valence-corrected chi connectivity index (χ4v) is 3.02. The number of nitrogens with one attached hydrogen (secondary N) is 1. The molecule has 0 amide bonds. The Balaban J connectivity index is 1.96. The summed E-state index contributed by atoms with van der Waals surface area (Å²) in [4.78, 5) is 7.21. The van der Waals surface area contributed by atoms with Gasteiger partial charge in [-0.1, -0.05) is 32.8 Å². The molecule has 2 heterocycles. The average molecular weight is 275 g/mol. The molecule has 3 nitrogen and oxygen atoms in total. The Morgan fingerprint density at radius 2 is 2.15 bits per heavy atom. The first-order chi connectivity index (χ1) is 9.85. The Morgan fingerprint density at radius 3 is 2.85 bits per heavy atom. The lowest BCUT2D eigenvalue weighted by Gasteiger charge is -2.35. The van der Waals surface area contributed by atoms with Crippen LogP contribution in [-0.4, -0.2) is 29.5 Å². The number of piperidine rings is 1. The molecule has 0 aliphatic carbocycles. The van der Waals surface area contributed by atoms with E-state index in [4.69, 9.17) is 0 Å². The predicted molar refractivity (Wildman–Crippen MR) is 86.1 cm³/mol. The van der Waals surface area contributed by atoms with E-state index >= 15 is 0 Å². The number of nitrogens with zero attached hydrogens (tertiary/aromatic N) is 2. The number of hydrogen-bond donors (Lipinski definition) is 1. The fourth-order valence-electron chi connectivity index (χ4n) is 3.02. The number of aromatic nitrogens is 1. The Kier molecular flexibility index (Phi) is 6.31. The second kappa shape index (κ2) is 8.25. The van der Waals surface area contributed by atoms with E-state index in [0.29, 0.717) is 6.04 Å². The van der Waals surface area contributed by atoms with Crippen LogP contribution in [0.25, 0.3) is 0 Å². The van der Waals surface area contributed by atoms with Crippen LogP contribution in [0, 0.1) is 0 Å². The van der Waals surface area contributed by atoms with Crippen molar-refractivity contribution in [3.63, 3.8) is 0 Å². The maximum atomic E-state index is 4.58. The van der Waals surface area contributed by atoms with Crippen LogP contribution in [0.15, 0.2) is 18.3 Å². The van der Waals surface area contributed by atoms with Gasteiger partial charge in [0.05, 0.1) is 0 Å². The Bertz CT molecular complexity index is 372. The van der Waals surface area contributed by atoms with Gasteiger partial charge < -0.3 is 5.32 Å². The number of rotatable bonds is 7. The third-order valence-electron chi connectivity index (χ3n) is 4.13. The molecule has 3 heteroatoms. The molecule has 20 heavy (non-hydrogen) atoms. The molecule has 1 aliphatic heterocycles. The second-order valence-corrected chi connectivity index (χ2v) is 5.80. The predicted octanol–water partition coefficient (Wildman–Crippen LogP) is 4.23. The van der Waals surface area contributed by atoms with Gasteiger partial charge in [0.25, 0.3) is 0 Å². The maximum Gasteiger partial charge on any atom is 0.125 e. The Morgan fingerprint density at radius 1 is 1.25 bits per heavy atom. The molecule has 1 atom stereocenters. The van der Waals surface area contributed by atoms with Gasteiger partial charge in [0.15, 0.2) is 0 Å². The highest BCUT2D eigenvalue weighted by Crippen LogP contribution is 2.30. The number of likely N-dealkylation sites (tertiary alicyclic amines) is 1. The van der Waals surface area contributed by atoms with E-state index in [1.807, 2.05) is 0 Å². The van der Waals surface area contributed by atoms with E-state index in [2.05, 4.69) is 47.4 Å². The van der Waals surface area contributed by atoms with Crippen LogP contribution in [0.3, 0.4) is 0 Å². The van der Waals surface area contributed by atoms with Crippen molar-refractivity contribution in [1.29, 1.82) is 0 Å². The fraction of sp³-hybridized carbons (Fsp3) is 0.706. The molecule has 1 aliphatic rings. The zero-order valence-electron chi connectivity index (χ0n) is 13.1. The molecule has 1 saturated heterocycles. The first kappa shape index (κ1) is 15.3. The third-order valence-corrected chi connectivity index (χ3v) is 4.13. The summed E-state index contributed by atoms with van der Waals surface area (Å²) in [5.74, 6) is 1.01. The van der Waals surface area contributed by atoms with E-state index < -0.39 is 0 Å². The van der Waals surface area contributed by atoms with Crippen molar-refractivity contribution in [3.05, 3.63) is 23.9 Å². The molecule has 0 aromatic carbocycles. The van der Waals surface area contributed by atoms with E-state index in [1.165, 1.54) is 57.2 Å². The van der Waals surface area contributed by atoms with Crippen LogP contribution in [0.2, 0.25) is 0 Å². The van der Waals surface area contributed by atoms with Gasteiger partial charge in [0.1, 0.15) is 5.82 Å². The van der Waals surface area contributed by atoms with Crippen molar-refractivity contribution < 1.29 is 0 Å². The second-order valence-electron chi connectivity index (χ2n) is 5.80. The van der Waals surface area contributed by atoms with E-state index in [0.717, 1.165) is 12.4 Å². The average Bonchev–Trinajstić information content (AvgIpc) is 2.49. The standard InChI is InChI=1S/C17H29N3/c1-3-5-11-18-17-10-9-15(14-19-17)16-8-6-7-13-20(16)12-4-2/h9-10,14,16H,3-8,11-13H2,1-2H3,(H,18,19)/t16-/m1/s1. The summed E-state index contributed by atoms with van der Waals surface area (Å²) in [6, 6.07) is 4.99. The van der Waals surface area contributed by atoms with Crippen LogP contribution in [0.5, 0.6) is 0 Å². The SMILES string of the molecule is CCCCNc1ccc([C@H]2CCCCN2CCC)cn1. The Hall–Kier alpha value is -1.09. The maximum absolute atomic E-state index is 4.58. The molecule has 0 spiro atoms. The largest absolute Gasteiger partial charge is 0.370 e. The van der Waals surface area contributed by atoms with E-state index in [9.17, 15) is 0 Å². The molecular weight excluding hydrogens is 246 g/mol. The molecule has 112 valence electrons. The van der Waals surface area contributed by atoms with Gasteiger partial charge in [0.2, 0.25) is 0 Å². The minimum absolute atomic E-state index is 0.584. The summed E-state index contributed by atoms with van der Waals surface area (Å²) in [6.07, 6.45) is 9.72. The van der Waals surface area contributed by atoms with Crippen molar-refractivity contribution in [2.24, 2.45) is 0 Å². The molecule has 2 rings (SSSR count). The lowest BCUT2D eigenvalue weighted by atomic mass is 9.96. The smallest absolute Gasteiger partial charge is 0.125 e.